The van der Waals surface area contributed by atoms with Crippen LogP contribution >= 0.6 is 11.6 Å². The van der Waals surface area contributed by atoms with Crippen LogP contribution in [0.15, 0.2) is 47.4 Å². The van der Waals surface area contributed by atoms with Gasteiger partial charge in [-0.25, -0.2) is 8.42 Å². The van der Waals surface area contributed by atoms with Gasteiger partial charge in [0.25, 0.3) is 15.9 Å². The van der Waals surface area contributed by atoms with Crippen LogP contribution in [0.25, 0.3) is 0 Å². The van der Waals surface area contributed by atoms with Gasteiger partial charge in [-0.15, -0.1) is 0 Å². The summed E-state index contributed by atoms with van der Waals surface area (Å²) in [5, 5.41) is 0.0219. The number of likely N-dealkylation sites (tertiary alicyclic amines) is 1. The predicted molar refractivity (Wildman–Crippen MR) is 111 cm³/mol. The van der Waals surface area contributed by atoms with Crippen molar-refractivity contribution in [1.82, 2.24) is 4.90 Å². The van der Waals surface area contributed by atoms with Gasteiger partial charge in [-0.3, -0.25) is 14.3 Å². The number of carbonyl (C=O) groups excluding carboxylic acids is 2. The molecule has 0 unspecified atom stereocenters. The number of benzene rings is 2. The minimum atomic E-state index is -3.98. The zero-order valence-corrected chi connectivity index (χ0v) is 17.5. The average molecular weight is 436 g/mol. The molecule has 2 aromatic rings. The summed E-state index contributed by atoms with van der Waals surface area (Å²) in [7, 11) is -3.98. The molecule has 0 aliphatic carbocycles. The third kappa shape index (κ3) is 4.89. The number of piperidine rings is 1. The number of sulfonamides is 1. The van der Waals surface area contributed by atoms with E-state index in [4.69, 9.17) is 17.3 Å². The minimum Gasteiger partial charge on any atom is -0.369 e. The number of hydrogen-bond acceptors (Lipinski definition) is 4. The normalized spacial score (nSPS) is 15.2. The highest BCUT2D eigenvalue weighted by Crippen LogP contribution is 2.27. The quantitative estimate of drug-likeness (QED) is 0.752. The maximum absolute atomic E-state index is 12.8. The third-order valence-corrected chi connectivity index (χ3v) is 6.82. The van der Waals surface area contributed by atoms with Crippen LogP contribution in [0.3, 0.4) is 0 Å². The molecule has 154 valence electrons. The van der Waals surface area contributed by atoms with Crippen LogP contribution in [0, 0.1) is 12.8 Å². The molecule has 0 bridgehead atoms. The van der Waals surface area contributed by atoms with Crippen molar-refractivity contribution in [1.29, 1.82) is 0 Å². The third-order valence-electron chi connectivity index (χ3n) is 4.96. The Balaban J connectivity index is 1.81. The Morgan fingerprint density at radius 2 is 1.72 bits per heavy atom. The van der Waals surface area contributed by atoms with E-state index in [0.717, 1.165) is 5.56 Å². The van der Waals surface area contributed by atoms with Crippen molar-refractivity contribution in [3.8, 4) is 0 Å². The number of nitrogens with two attached hydrogens (primary N) is 1. The standard InChI is InChI=1S/C20H22ClN3O4S/c1-13-2-5-16(6-3-13)23-29(27,28)18-12-15(4-7-17(18)21)20(26)24-10-8-14(9-11-24)19(22)25/h2-7,12,14,23H,8-11H2,1H3,(H2,22,25). The molecule has 1 aliphatic heterocycles. The van der Waals surface area contributed by atoms with Crippen LogP contribution in [-0.4, -0.2) is 38.2 Å². The zero-order valence-electron chi connectivity index (χ0n) is 15.9. The van der Waals surface area contributed by atoms with Crippen molar-refractivity contribution in [2.24, 2.45) is 11.7 Å². The summed E-state index contributed by atoms with van der Waals surface area (Å²) in [4.78, 5) is 25.5. The SMILES string of the molecule is Cc1ccc(NS(=O)(=O)c2cc(C(=O)N3CCC(C(N)=O)CC3)ccc2Cl)cc1. The summed E-state index contributed by atoms with van der Waals surface area (Å²) < 4.78 is 28.1. The first-order chi connectivity index (χ1) is 13.7. The molecule has 1 saturated heterocycles. The van der Waals surface area contributed by atoms with Crippen LogP contribution in [0.4, 0.5) is 5.69 Å². The largest absolute Gasteiger partial charge is 0.369 e. The molecule has 0 radical (unpaired) electrons. The average Bonchev–Trinajstić information content (AvgIpc) is 2.69. The highest BCUT2D eigenvalue weighted by molar-refractivity contribution is 7.92. The molecule has 1 fully saturated rings. The van der Waals surface area contributed by atoms with E-state index in [1.165, 1.54) is 18.2 Å². The molecule has 1 aliphatic rings. The van der Waals surface area contributed by atoms with E-state index in [1.54, 1.807) is 29.2 Å². The monoisotopic (exact) mass is 435 g/mol. The summed E-state index contributed by atoms with van der Waals surface area (Å²) >= 11 is 6.12. The molecular weight excluding hydrogens is 414 g/mol. The Kier molecular flexibility index (Phi) is 6.14. The van der Waals surface area contributed by atoms with E-state index in [-0.39, 0.29) is 33.2 Å². The Bertz CT molecular complexity index is 1030. The maximum Gasteiger partial charge on any atom is 0.263 e. The molecule has 1 heterocycles. The van der Waals surface area contributed by atoms with E-state index >= 15 is 0 Å². The zero-order chi connectivity index (χ0) is 21.2. The van der Waals surface area contributed by atoms with E-state index in [9.17, 15) is 18.0 Å². The van der Waals surface area contributed by atoms with Gasteiger partial charge in [0.15, 0.2) is 0 Å². The lowest BCUT2D eigenvalue weighted by Crippen LogP contribution is -2.41. The summed E-state index contributed by atoms with van der Waals surface area (Å²) in [6, 6.07) is 11.0. The van der Waals surface area contributed by atoms with Gasteiger partial charge in [0.2, 0.25) is 5.91 Å². The number of nitrogens with one attached hydrogen (secondary N) is 1. The molecule has 9 heteroatoms. The lowest BCUT2D eigenvalue weighted by Gasteiger charge is -2.30. The van der Waals surface area contributed by atoms with Crippen molar-refractivity contribution < 1.29 is 18.0 Å². The molecule has 0 spiro atoms. The van der Waals surface area contributed by atoms with Crippen molar-refractivity contribution in [3.05, 3.63) is 58.6 Å². The number of hydrogen-bond donors (Lipinski definition) is 2. The number of aryl methyl sites for hydroxylation is 1. The van der Waals surface area contributed by atoms with Crippen LogP contribution < -0.4 is 10.5 Å². The highest BCUT2D eigenvalue weighted by Gasteiger charge is 2.28. The van der Waals surface area contributed by atoms with Crippen molar-refractivity contribution in [2.45, 2.75) is 24.7 Å². The second-order valence-electron chi connectivity index (χ2n) is 7.09. The topological polar surface area (TPSA) is 110 Å². The number of rotatable bonds is 5. The molecule has 3 rings (SSSR count). The smallest absolute Gasteiger partial charge is 0.263 e. The molecule has 0 aromatic heterocycles. The summed E-state index contributed by atoms with van der Waals surface area (Å²) in [5.74, 6) is -0.908. The first-order valence-corrected chi connectivity index (χ1v) is 11.0. The first kappa shape index (κ1) is 21.1. The number of primary amides is 1. The molecule has 0 atom stereocenters. The molecule has 29 heavy (non-hydrogen) atoms. The van der Waals surface area contributed by atoms with E-state index in [1.807, 2.05) is 6.92 Å². The van der Waals surface area contributed by atoms with Crippen molar-refractivity contribution >= 4 is 39.1 Å². The van der Waals surface area contributed by atoms with E-state index < -0.39 is 10.0 Å². The molecule has 2 amide bonds. The number of halogens is 1. The molecule has 0 saturated carbocycles. The van der Waals surface area contributed by atoms with Crippen LogP contribution in [0.2, 0.25) is 5.02 Å². The van der Waals surface area contributed by atoms with Gasteiger partial charge in [0.1, 0.15) is 4.90 Å². The summed E-state index contributed by atoms with van der Waals surface area (Å²) in [5.41, 5.74) is 6.94. The van der Waals surface area contributed by atoms with Gasteiger partial charge in [-0.2, -0.15) is 0 Å². The van der Waals surface area contributed by atoms with Gasteiger partial charge < -0.3 is 10.6 Å². The lowest BCUT2D eigenvalue weighted by atomic mass is 9.96. The fourth-order valence-electron chi connectivity index (χ4n) is 3.22. The second kappa shape index (κ2) is 8.42. The van der Waals surface area contributed by atoms with Crippen LogP contribution in [-0.2, 0) is 14.8 Å². The van der Waals surface area contributed by atoms with Gasteiger partial charge in [-0.1, -0.05) is 29.3 Å². The fraction of sp³-hybridized carbons (Fsp3) is 0.300. The molecule has 2 aromatic carbocycles. The number of amides is 2. The Labute approximate surface area is 174 Å². The lowest BCUT2D eigenvalue weighted by molar-refractivity contribution is -0.123. The van der Waals surface area contributed by atoms with Gasteiger partial charge >= 0.3 is 0 Å². The summed E-state index contributed by atoms with van der Waals surface area (Å²) in [6.45, 7) is 2.67. The van der Waals surface area contributed by atoms with Crippen LogP contribution in [0.5, 0.6) is 0 Å². The highest BCUT2D eigenvalue weighted by atomic mass is 35.5. The van der Waals surface area contributed by atoms with Crippen molar-refractivity contribution in [3.63, 3.8) is 0 Å². The van der Waals surface area contributed by atoms with Crippen molar-refractivity contribution in [2.75, 3.05) is 17.8 Å². The Morgan fingerprint density at radius 1 is 1.10 bits per heavy atom. The maximum atomic E-state index is 12.8. The van der Waals surface area contributed by atoms with Gasteiger partial charge in [0, 0.05) is 30.3 Å². The first-order valence-electron chi connectivity index (χ1n) is 9.15. The minimum absolute atomic E-state index is 0.0219. The molecular formula is C20H22ClN3O4S. The fourth-order valence-corrected chi connectivity index (χ4v) is 4.81. The van der Waals surface area contributed by atoms with Gasteiger partial charge in [0.05, 0.1) is 5.02 Å². The summed E-state index contributed by atoms with van der Waals surface area (Å²) in [6.07, 6.45) is 0.990. The molecule has 7 nitrogen and oxygen atoms in total. The van der Waals surface area contributed by atoms with E-state index in [0.29, 0.717) is 31.6 Å². The Hall–Kier alpha value is -2.58. The Morgan fingerprint density at radius 3 is 2.31 bits per heavy atom. The van der Waals surface area contributed by atoms with Gasteiger partial charge in [-0.05, 0) is 50.1 Å². The number of carbonyl (C=O) groups is 2. The predicted octanol–water partition coefficient (Wildman–Crippen LogP) is 2.79. The van der Waals surface area contributed by atoms with E-state index in [2.05, 4.69) is 4.72 Å². The number of nitrogens with zero attached hydrogens (tertiary/aromatic N) is 1. The molecule has 3 N–H and O–H groups in total. The number of anilines is 1. The van der Waals surface area contributed by atoms with Crippen LogP contribution in [0.1, 0.15) is 28.8 Å². The second-order valence-corrected chi connectivity index (χ2v) is 9.14.